The summed E-state index contributed by atoms with van der Waals surface area (Å²) in [6.45, 7) is 3.98. The van der Waals surface area contributed by atoms with Crippen LogP contribution in [0.3, 0.4) is 0 Å². The minimum Gasteiger partial charge on any atom is -0.477 e. The maximum absolute atomic E-state index is 11.5. The van der Waals surface area contributed by atoms with Gasteiger partial charge in [0.25, 0.3) is 0 Å². The van der Waals surface area contributed by atoms with Crippen LogP contribution in [0.4, 0.5) is 0 Å². The molecule has 0 saturated carbocycles. The maximum Gasteiger partial charge on any atom is 0.341 e. The summed E-state index contributed by atoms with van der Waals surface area (Å²) in [5.41, 5.74) is 1.07. The van der Waals surface area contributed by atoms with Crippen molar-refractivity contribution in [2.45, 2.75) is 20.3 Å². The fourth-order valence-electron chi connectivity index (χ4n) is 1.92. The topological polar surface area (TPSA) is 63.3 Å². The zero-order valence-corrected chi connectivity index (χ0v) is 13.3. The quantitative estimate of drug-likeness (QED) is 0.863. The van der Waals surface area contributed by atoms with Gasteiger partial charge in [0.05, 0.1) is 0 Å². The summed E-state index contributed by atoms with van der Waals surface area (Å²) in [4.78, 5) is 11.5. The molecule has 0 amide bonds. The lowest BCUT2D eigenvalue weighted by Gasteiger charge is -2.04. The second kappa shape index (κ2) is 5.97. The summed E-state index contributed by atoms with van der Waals surface area (Å²) in [5.74, 6) is -0.370. The molecular formula is C14H13BrClNO3. The van der Waals surface area contributed by atoms with E-state index in [-0.39, 0.29) is 11.5 Å². The number of hydrogen-bond donors (Lipinski definition) is 1. The van der Waals surface area contributed by atoms with E-state index in [2.05, 4.69) is 21.1 Å². The van der Waals surface area contributed by atoms with Crippen LogP contribution in [0, 0.1) is 5.92 Å². The van der Waals surface area contributed by atoms with Crippen LogP contribution in [-0.2, 0) is 6.42 Å². The summed E-state index contributed by atoms with van der Waals surface area (Å²) in [5, 5.41) is 13.9. The molecule has 0 spiro atoms. The number of aromatic nitrogens is 1. The molecule has 1 N–H and O–H groups in total. The number of benzene rings is 1. The second-order valence-corrected chi connectivity index (χ2v) is 6.15. The molecule has 6 heteroatoms. The molecule has 0 aliphatic rings. The van der Waals surface area contributed by atoms with Crippen LogP contribution in [0.1, 0.15) is 30.0 Å². The summed E-state index contributed by atoms with van der Waals surface area (Å²) in [7, 11) is 0. The van der Waals surface area contributed by atoms with E-state index in [0.29, 0.717) is 32.9 Å². The fraction of sp³-hybridized carbons (Fsp3) is 0.286. The molecule has 1 aromatic carbocycles. The van der Waals surface area contributed by atoms with Gasteiger partial charge in [-0.25, -0.2) is 4.79 Å². The van der Waals surface area contributed by atoms with Crippen molar-refractivity contribution in [2.75, 3.05) is 0 Å². The minimum absolute atomic E-state index is 0.113. The van der Waals surface area contributed by atoms with Gasteiger partial charge in [-0.2, -0.15) is 0 Å². The van der Waals surface area contributed by atoms with E-state index >= 15 is 0 Å². The molecule has 106 valence electrons. The Bertz CT molecular complexity index is 652. The number of nitrogens with zero attached hydrogens (tertiary/aromatic N) is 1. The van der Waals surface area contributed by atoms with Crippen molar-refractivity contribution in [1.29, 1.82) is 0 Å². The maximum atomic E-state index is 11.5. The molecule has 0 saturated heterocycles. The van der Waals surface area contributed by atoms with Crippen molar-refractivity contribution in [3.63, 3.8) is 0 Å². The molecular weight excluding hydrogens is 346 g/mol. The standard InChI is InChI=1S/C14H13BrClNO3/c1-7(2)5-11-12(14(18)19)13(17-20-11)9-4-3-8(16)6-10(9)15/h3-4,6-7H,5H2,1-2H3,(H,18,19). The average molecular weight is 359 g/mol. The van der Waals surface area contributed by atoms with Gasteiger partial charge in [0, 0.05) is 21.5 Å². The molecule has 0 atom stereocenters. The van der Waals surface area contributed by atoms with E-state index in [4.69, 9.17) is 16.1 Å². The highest BCUT2D eigenvalue weighted by molar-refractivity contribution is 9.10. The number of hydrogen-bond acceptors (Lipinski definition) is 3. The van der Waals surface area contributed by atoms with Crippen molar-refractivity contribution < 1.29 is 14.4 Å². The second-order valence-electron chi connectivity index (χ2n) is 4.86. The highest BCUT2D eigenvalue weighted by Crippen LogP contribution is 2.34. The van der Waals surface area contributed by atoms with Crippen LogP contribution < -0.4 is 0 Å². The molecule has 20 heavy (non-hydrogen) atoms. The first-order chi connectivity index (χ1) is 9.40. The Hall–Kier alpha value is -1.33. The number of halogens is 2. The number of aromatic carboxylic acids is 1. The smallest absolute Gasteiger partial charge is 0.341 e. The van der Waals surface area contributed by atoms with E-state index in [0.717, 1.165) is 0 Å². The first-order valence-corrected chi connectivity index (χ1v) is 7.24. The van der Waals surface area contributed by atoms with Gasteiger partial charge in [0.2, 0.25) is 0 Å². The Morgan fingerprint density at radius 3 is 2.75 bits per heavy atom. The van der Waals surface area contributed by atoms with E-state index in [9.17, 15) is 9.90 Å². The van der Waals surface area contributed by atoms with Crippen LogP contribution in [0.2, 0.25) is 5.02 Å². The Balaban J connectivity index is 2.56. The number of carboxylic acids is 1. The van der Waals surface area contributed by atoms with Gasteiger partial charge in [-0.3, -0.25) is 0 Å². The first-order valence-electron chi connectivity index (χ1n) is 6.07. The average Bonchev–Trinajstić information content (AvgIpc) is 2.71. The van der Waals surface area contributed by atoms with Crippen LogP contribution >= 0.6 is 27.5 Å². The lowest BCUT2D eigenvalue weighted by Crippen LogP contribution is -2.04. The van der Waals surface area contributed by atoms with Gasteiger partial charge in [0.15, 0.2) is 5.76 Å². The van der Waals surface area contributed by atoms with Gasteiger partial charge in [-0.05, 0) is 18.1 Å². The van der Waals surface area contributed by atoms with E-state index < -0.39 is 5.97 Å². The van der Waals surface area contributed by atoms with Crippen LogP contribution in [0.5, 0.6) is 0 Å². The fourth-order valence-corrected chi connectivity index (χ4v) is 2.79. The lowest BCUT2D eigenvalue weighted by atomic mass is 10.0. The molecule has 2 rings (SSSR count). The Morgan fingerprint density at radius 1 is 1.50 bits per heavy atom. The molecule has 0 aliphatic carbocycles. The summed E-state index contributed by atoms with van der Waals surface area (Å²) >= 11 is 9.26. The normalized spacial score (nSPS) is 11.1. The predicted molar refractivity (Wildman–Crippen MR) is 80.2 cm³/mol. The van der Waals surface area contributed by atoms with Crippen LogP contribution in [0.15, 0.2) is 27.2 Å². The molecule has 1 heterocycles. The summed E-state index contributed by atoms with van der Waals surface area (Å²) in [6, 6.07) is 5.10. The molecule has 0 aliphatic heterocycles. The van der Waals surface area contributed by atoms with Crippen molar-refractivity contribution in [2.24, 2.45) is 5.92 Å². The highest BCUT2D eigenvalue weighted by Gasteiger charge is 2.25. The molecule has 1 aromatic heterocycles. The van der Waals surface area contributed by atoms with Gasteiger partial charge < -0.3 is 9.63 Å². The molecule has 0 radical (unpaired) electrons. The molecule has 0 fully saturated rings. The third-order valence-electron chi connectivity index (χ3n) is 2.76. The zero-order valence-electron chi connectivity index (χ0n) is 11.0. The minimum atomic E-state index is -1.04. The van der Waals surface area contributed by atoms with Crippen molar-refractivity contribution >= 4 is 33.5 Å². The molecule has 0 bridgehead atoms. The van der Waals surface area contributed by atoms with Gasteiger partial charge in [-0.1, -0.05) is 52.6 Å². The molecule has 2 aromatic rings. The van der Waals surface area contributed by atoms with Crippen molar-refractivity contribution in [3.05, 3.63) is 39.0 Å². The first kappa shape index (κ1) is 15.1. The largest absolute Gasteiger partial charge is 0.477 e. The number of carboxylic acid groups (broad SMARTS) is 1. The summed E-state index contributed by atoms with van der Waals surface area (Å²) < 4.78 is 5.90. The van der Waals surface area contributed by atoms with E-state index in [1.165, 1.54) is 0 Å². The molecule has 0 unspecified atom stereocenters. The summed E-state index contributed by atoms with van der Waals surface area (Å²) in [6.07, 6.45) is 0.528. The third-order valence-corrected chi connectivity index (χ3v) is 3.65. The molecule has 4 nitrogen and oxygen atoms in total. The predicted octanol–water partition coefficient (Wildman–Crippen LogP) is 4.65. The van der Waals surface area contributed by atoms with Gasteiger partial charge >= 0.3 is 5.97 Å². The Labute approximate surface area is 129 Å². The van der Waals surface area contributed by atoms with Gasteiger partial charge in [-0.15, -0.1) is 0 Å². The Kier molecular flexibility index (Phi) is 4.50. The van der Waals surface area contributed by atoms with Crippen molar-refractivity contribution in [3.8, 4) is 11.3 Å². The SMILES string of the molecule is CC(C)Cc1onc(-c2ccc(Cl)cc2Br)c1C(=O)O. The van der Waals surface area contributed by atoms with Crippen molar-refractivity contribution in [1.82, 2.24) is 5.16 Å². The highest BCUT2D eigenvalue weighted by atomic mass is 79.9. The number of carbonyl (C=O) groups is 1. The lowest BCUT2D eigenvalue weighted by molar-refractivity contribution is 0.0695. The van der Waals surface area contributed by atoms with Crippen LogP contribution in [0.25, 0.3) is 11.3 Å². The van der Waals surface area contributed by atoms with E-state index in [1.54, 1.807) is 18.2 Å². The van der Waals surface area contributed by atoms with Crippen LogP contribution in [-0.4, -0.2) is 16.2 Å². The zero-order chi connectivity index (χ0) is 14.9. The number of rotatable bonds is 4. The monoisotopic (exact) mass is 357 g/mol. The van der Waals surface area contributed by atoms with Gasteiger partial charge in [0.1, 0.15) is 11.3 Å². The van der Waals surface area contributed by atoms with E-state index in [1.807, 2.05) is 13.8 Å². The third kappa shape index (κ3) is 3.04. The Morgan fingerprint density at radius 2 is 2.20 bits per heavy atom.